The number of ether oxygens (including phenoxy) is 1. The van der Waals surface area contributed by atoms with Crippen molar-refractivity contribution in [1.29, 1.82) is 0 Å². The Kier molecular flexibility index (Phi) is 7.64. The molecule has 0 fully saturated rings. The van der Waals surface area contributed by atoms with Crippen LogP contribution in [0.2, 0.25) is 5.02 Å². The molecule has 8 heteroatoms. The van der Waals surface area contributed by atoms with Crippen molar-refractivity contribution < 1.29 is 19.1 Å². The summed E-state index contributed by atoms with van der Waals surface area (Å²) in [5.74, 6) is -0.643. The number of nitrogens with two attached hydrogens (primary N) is 1. The fraction of sp³-hybridized carbons (Fsp3) is 0.409. The highest BCUT2D eigenvalue weighted by Crippen LogP contribution is 2.34. The third-order valence-electron chi connectivity index (χ3n) is 5.21. The quantitative estimate of drug-likeness (QED) is 0.595. The average Bonchev–Trinajstić information content (AvgIpc) is 3.06. The second-order valence-electron chi connectivity index (χ2n) is 7.39. The van der Waals surface area contributed by atoms with Crippen LogP contribution in [-0.4, -0.2) is 42.8 Å². The Hall–Kier alpha value is -2.22. The van der Waals surface area contributed by atoms with E-state index in [1.54, 1.807) is 12.1 Å². The molecule has 30 heavy (non-hydrogen) atoms. The van der Waals surface area contributed by atoms with Gasteiger partial charge < -0.3 is 10.5 Å². The molecule has 0 unspecified atom stereocenters. The van der Waals surface area contributed by atoms with E-state index in [9.17, 15) is 14.4 Å². The first-order valence-corrected chi connectivity index (χ1v) is 11.1. The number of hydrogen-bond donors (Lipinski definition) is 1. The molecule has 2 N–H and O–H groups in total. The van der Waals surface area contributed by atoms with Crippen molar-refractivity contribution in [2.75, 3.05) is 20.2 Å². The Morgan fingerprint density at radius 1 is 1.20 bits per heavy atom. The van der Waals surface area contributed by atoms with Crippen LogP contribution >= 0.6 is 22.9 Å². The van der Waals surface area contributed by atoms with Crippen LogP contribution < -0.4 is 5.73 Å². The van der Waals surface area contributed by atoms with Crippen LogP contribution in [0, 0.1) is 0 Å². The number of carbonyl (C=O) groups is 3. The van der Waals surface area contributed by atoms with E-state index in [1.165, 1.54) is 18.4 Å². The van der Waals surface area contributed by atoms with Crippen LogP contribution in [0.5, 0.6) is 0 Å². The van der Waals surface area contributed by atoms with Gasteiger partial charge in [-0.3, -0.25) is 19.3 Å². The summed E-state index contributed by atoms with van der Waals surface area (Å²) in [6, 6.07) is 7.19. The highest BCUT2D eigenvalue weighted by atomic mass is 35.5. The summed E-state index contributed by atoms with van der Waals surface area (Å²) in [4.78, 5) is 40.1. The summed E-state index contributed by atoms with van der Waals surface area (Å²) >= 11 is 7.40. The molecule has 0 saturated carbocycles. The van der Waals surface area contributed by atoms with Gasteiger partial charge in [0.2, 0.25) is 5.91 Å². The largest absolute Gasteiger partial charge is 0.469 e. The lowest BCUT2D eigenvalue weighted by Gasteiger charge is -2.26. The number of ketones is 1. The lowest BCUT2D eigenvalue weighted by molar-refractivity contribution is -0.140. The number of Topliss-reactive ketones (excluding diaryl/α,β-unsaturated/α-hetero) is 1. The average molecular weight is 449 g/mol. The van der Waals surface area contributed by atoms with Gasteiger partial charge in [-0.2, -0.15) is 0 Å². The zero-order chi connectivity index (χ0) is 21.7. The topological polar surface area (TPSA) is 89.7 Å². The van der Waals surface area contributed by atoms with E-state index in [1.807, 2.05) is 12.1 Å². The lowest BCUT2D eigenvalue weighted by atomic mass is 9.98. The predicted octanol–water partition coefficient (Wildman–Crippen LogP) is 3.17. The van der Waals surface area contributed by atoms with E-state index >= 15 is 0 Å². The van der Waals surface area contributed by atoms with Crippen molar-refractivity contribution in [3.8, 4) is 0 Å². The van der Waals surface area contributed by atoms with Crippen molar-refractivity contribution >= 4 is 40.6 Å². The number of hydrogen-bond acceptors (Lipinski definition) is 6. The first-order chi connectivity index (χ1) is 14.4. The number of rotatable bonds is 9. The number of amides is 1. The summed E-state index contributed by atoms with van der Waals surface area (Å²) in [5, 5.41) is 0.629. The summed E-state index contributed by atoms with van der Waals surface area (Å²) in [5.41, 5.74) is 8.06. The van der Waals surface area contributed by atoms with E-state index in [2.05, 4.69) is 9.64 Å². The number of nitrogens with zero attached hydrogens (tertiary/aromatic N) is 1. The van der Waals surface area contributed by atoms with Crippen LogP contribution in [0.25, 0.3) is 0 Å². The van der Waals surface area contributed by atoms with E-state index in [0.29, 0.717) is 30.0 Å². The van der Waals surface area contributed by atoms with Gasteiger partial charge in [0.15, 0.2) is 0 Å². The van der Waals surface area contributed by atoms with Gasteiger partial charge in [-0.15, -0.1) is 11.3 Å². The molecule has 0 bridgehead atoms. The molecule has 0 saturated heterocycles. The highest BCUT2D eigenvalue weighted by molar-refractivity contribution is 7.12. The molecule has 1 aliphatic heterocycles. The highest BCUT2D eigenvalue weighted by Gasteiger charge is 2.27. The summed E-state index contributed by atoms with van der Waals surface area (Å²) in [6.07, 6.45) is 2.32. The van der Waals surface area contributed by atoms with Crippen molar-refractivity contribution in [3.05, 3.63) is 55.7 Å². The summed E-state index contributed by atoms with van der Waals surface area (Å²) in [6.45, 7) is 2.28. The number of methoxy groups -OCH3 is 1. The number of benzene rings is 1. The molecule has 2 heterocycles. The van der Waals surface area contributed by atoms with Gasteiger partial charge in [-0.1, -0.05) is 23.7 Å². The standard InChI is InChI=1S/C22H25ClN2O4S/c1-29-20(27)3-2-9-25-10-8-17-19(13-25)30-18(21(17)22(24)28)12-16(26)11-14-4-6-15(23)7-5-14/h4-7H,2-3,8-13H2,1H3,(H2,24,28). The van der Waals surface area contributed by atoms with Gasteiger partial charge in [0.05, 0.1) is 12.7 Å². The number of fused-ring (bicyclic) bond motifs is 1. The van der Waals surface area contributed by atoms with Crippen LogP contribution in [0.3, 0.4) is 0 Å². The molecule has 3 rings (SSSR count). The Morgan fingerprint density at radius 2 is 1.93 bits per heavy atom. The number of carbonyl (C=O) groups excluding carboxylic acids is 3. The molecule has 0 atom stereocenters. The van der Waals surface area contributed by atoms with Crippen LogP contribution in [0.1, 0.15) is 44.1 Å². The second kappa shape index (κ2) is 10.2. The molecule has 6 nitrogen and oxygen atoms in total. The van der Waals surface area contributed by atoms with E-state index in [4.69, 9.17) is 17.3 Å². The summed E-state index contributed by atoms with van der Waals surface area (Å²) < 4.78 is 4.68. The molecular formula is C22H25ClN2O4S. The molecule has 1 aromatic heterocycles. The predicted molar refractivity (Wildman–Crippen MR) is 117 cm³/mol. The van der Waals surface area contributed by atoms with Crippen LogP contribution in [0.4, 0.5) is 0 Å². The first kappa shape index (κ1) is 22.5. The second-order valence-corrected chi connectivity index (χ2v) is 9.02. The fourth-order valence-corrected chi connectivity index (χ4v) is 5.29. The number of esters is 1. The Labute approximate surface area is 185 Å². The molecule has 1 aliphatic rings. The van der Waals surface area contributed by atoms with Crippen molar-refractivity contribution in [2.24, 2.45) is 5.73 Å². The number of halogens is 1. The number of primary amides is 1. The molecule has 0 spiro atoms. The maximum atomic E-state index is 12.6. The zero-order valence-electron chi connectivity index (χ0n) is 16.9. The minimum Gasteiger partial charge on any atom is -0.469 e. The van der Waals surface area contributed by atoms with E-state index in [0.717, 1.165) is 40.4 Å². The maximum Gasteiger partial charge on any atom is 0.305 e. The van der Waals surface area contributed by atoms with Gasteiger partial charge >= 0.3 is 5.97 Å². The third kappa shape index (κ3) is 5.68. The summed E-state index contributed by atoms with van der Waals surface area (Å²) in [7, 11) is 1.39. The Balaban J connectivity index is 1.67. The van der Waals surface area contributed by atoms with Gasteiger partial charge in [0.1, 0.15) is 5.78 Å². The van der Waals surface area contributed by atoms with Gasteiger partial charge in [0, 0.05) is 47.1 Å². The first-order valence-electron chi connectivity index (χ1n) is 9.86. The maximum absolute atomic E-state index is 12.6. The van der Waals surface area contributed by atoms with Gasteiger partial charge in [0.25, 0.3) is 0 Å². The van der Waals surface area contributed by atoms with Gasteiger partial charge in [-0.25, -0.2) is 0 Å². The van der Waals surface area contributed by atoms with E-state index < -0.39 is 5.91 Å². The molecular weight excluding hydrogens is 424 g/mol. The van der Waals surface area contributed by atoms with Crippen LogP contribution in [0.15, 0.2) is 24.3 Å². The molecule has 160 valence electrons. The zero-order valence-corrected chi connectivity index (χ0v) is 18.5. The minimum absolute atomic E-state index is 0.0355. The normalized spacial score (nSPS) is 13.7. The van der Waals surface area contributed by atoms with Crippen LogP contribution in [-0.2, 0) is 40.1 Å². The van der Waals surface area contributed by atoms with Crippen molar-refractivity contribution in [2.45, 2.75) is 38.6 Å². The van der Waals surface area contributed by atoms with Crippen molar-refractivity contribution in [1.82, 2.24) is 4.90 Å². The molecule has 0 radical (unpaired) electrons. The smallest absolute Gasteiger partial charge is 0.305 e. The molecule has 1 aromatic carbocycles. The molecule has 0 aliphatic carbocycles. The lowest BCUT2D eigenvalue weighted by Crippen LogP contribution is -2.31. The SMILES string of the molecule is COC(=O)CCCN1CCc2c(sc(CC(=O)Cc3ccc(Cl)cc3)c2C(N)=O)C1. The monoisotopic (exact) mass is 448 g/mol. The third-order valence-corrected chi connectivity index (χ3v) is 6.68. The Morgan fingerprint density at radius 3 is 2.60 bits per heavy atom. The van der Waals surface area contributed by atoms with Crippen molar-refractivity contribution in [3.63, 3.8) is 0 Å². The molecule has 1 amide bonds. The van der Waals surface area contributed by atoms with E-state index in [-0.39, 0.29) is 24.6 Å². The number of thiophene rings is 1. The molecule has 2 aromatic rings. The van der Waals surface area contributed by atoms with Gasteiger partial charge in [-0.05, 0) is 42.6 Å². The minimum atomic E-state index is -0.471. The fourth-order valence-electron chi connectivity index (χ4n) is 3.74. The Bertz CT molecular complexity index is 939.